The highest BCUT2D eigenvalue weighted by Gasteiger charge is 2.85. The molecule has 0 heterocycles. The Balaban J connectivity index is 5.80. The van der Waals surface area contributed by atoms with Gasteiger partial charge in [0.2, 0.25) is 0 Å². The number of hydrogen-bond donors (Lipinski definition) is 1. The highest BCUT2D eigenvalue weighted by molar-refractivity contribution is 5.06. The highest BCUT2D eigenvalue weighted by Crippen LogP contribution is 2.55. The lowest BCUT2D eigenvalue weighted by molar-refractivity contribution is -0.401. The molecule has 0 aliphatic rings. The Morgan fingerprint density at radius 3 is 1.17 bits per heavy atom. The Morgan fingerprint density at radius 2 is 0.944 bits per heavy atom. The average Bonchev–Trinajstić information content (AvgIpc) is 2.15. The van der Waals surface area contributed by atoms with Crippen LogP contribution in [0.3, 0.4) is 0 Å². The minimum absolute atomic E-state index is 3.25. The molecule has 0 saturated carbocycles. The highest BCUT2D eigenvalue weighted by atomic mass is 19.4. The third-order valence-electron chi connectivity index (χ3n) is 1.83. The van der Waals surface area contributed by atoms with E-state index in [9.17, 15) is 48.3 Å². The van der Waals surface area contributed by atoms with Crippen LogP contribution in [0.4, 0.5) is 48.3 Å². The summed E-state index contributed by atoms with van der Waals surface area (Å²) in [5.74, 6) is -27.6. The molecule has 0 aliphatic carbocycles. The Bertz CT molecular complexity index is 303. The standard InChI is InChI=1S/C6H4F11N/c7-1-2(8,9)3(10,11)4(12,13)5(14,15)6(16,17)18/h1,18H2. The zero-order valence-corrected chi connectivity index (χ0v) is 7.94. The van der Waals surface area contributed by atoms with Crippen LogP contribution in [0.1, 0.15) is 0 Å². The Hall–Kier alpha value is -0.810. The van der Waals surface area contributed by atoms with Crippen LogP contribution < -0.4 is 5.73 Å². The van der Waals surface area contributed by atoms with E-state index in [1.807, 2.05) is 0 Å². The number of rotatable bonds is 5. The molecule has 0 aromatic rings. The van der Waals surface area contributed by atoms with Crippen LogP contribution >= 0.6 is 0 Å². The molecule has 0 rings (SSSR count). The van der Waals surface area contributed by atoms with Crippen molar-refractivity contribution in [2.24, 2.45) is 5.73 Å². The van der Waals surface area contributed by atoms with Crippen LogP contribution in [0.5, 0.6) is 0 Å². The third kappa shape index (κ3) is 2.10. The molecule has 18 heavy (non-hydrogen) atoms. The number of alkyl halides is 11. The predicted molar refractivity (Wildman–Crippen MR) is 34.9 cm³/mol. The van der Waals surface area contributed by atoms with Crippen molar-refractivity contribution in [1.82, 2.24) is 0 Å². The van der Waals surface area contributed by atoms with Crippen molar-refractivity contribution in [1.29, 1.82) is 0 Å². The lowest BCUT2D eigenvalue weighted by atomic mass is 9.98. The lowest BCUT2D eigenvalue weighted by Gasteiger charge is -2.37. The summed E-state index contributed by atoms with van der Waals surface area (Å²) in [4.78, 5) is 0. The van der Waals surface area contributed by atoms with E-state index < -0.39 is 36.4 Å². The summed E-state index contributed by atoms with van der Waals surface area (Å²) in [5, 5.41) is 0. The zero-order chi connectivity index (χ0) is 15.2. The van der Waals surface area contributed by atoms with E-state index in [1.54, 1.807) is 0 Å². The van der Waals surface area contributed by atoms with Gasteiger partial charge in [-0.3, -0.25) is 5.73 Å². The van der Waals surface area contributed by atoms with Crippen LogP contribution in [0.2, 0.25) is 0 Å². The molecule has 110 valence electrons. The second-order valence-electron chi connectivity index (χ2n) is 3.18. The molecule has 0 bridgehead atoms. The molecule has 2 N–H and O–H groups in total. The van der Waals surface area contributed by atoms with Crippen LogP contribution in [0.25, 0.3) is 0 Å². The molecule has 0 spiro atoms. The van der Waals surface area contributed by atoms with Crippen molar-refractivity contribution >= 4 is 0 Å². The molecular formula is C6H4F11N. The minimum Gasteiger partial charge on any atom is -0.267 e. The monoisotopic (exact) mass is 299 g/mol. The van der Waals surface area contributed by atoms with Gasteiger partial charge in [0, 0.05) is 0 Å². The largest absolute Gasteiger partial charge is 0.392 e. The van der Waals surface area contributed by atoms with Gasteiger partial charge in [-0.25, -0.2) is 4.39 Å². The molecule has 0 unspecified atom stereocenters. The summed E-state index contributed by atoms with van der Waals surface area (Å²) < 4.78 is 134. The molecule has 0 radical (unpaired) electrons. The zero-order valence-electron chi connectivity index (χ0n) is 7.94. The second-order valence-corrected chi connectivity index (χ2v) is 3.18. The van der Waals surface area contributed by atoms with E-state index >= 15 is 0 Å². The molecule has 0 aliphatic heterocycles. The minimum atomic E-state index is -7.27. The summed E-state index contributed by atoms with van der Waals surface area (Å²) >= 11 is 0. The maximum Gasteiger partial charge on any atom is 0.392 e. The first-order valence-corrected chi connectivity index (χ1v) is 3.80. The predicted octanol–water partition coefficient (Wildman–Crippen LogP) is 3.05. The number of hydrogen-bond acceptors (Lipinski definition) is 1. The van der Waals surface area contributed by atoms with Crippen molar-refractivity contribution in [3.8, 4) is 0 Å². The van der Waals surface area contributed by atoms with Crippen molar-refractivity contribution in [2.75, 3.05) is 6.67 Å². The maximum atomic E-state index is 12.5. The van der Waals surface area contributed by atoms with Gasteiger partial charge in [0.05, 0.1) is 0 Å². The third-order valence-corrected chi connectivity index (χ3v) is 1.83. The fraction of sp³-hybridized carbons (Fsp3) is 1.00. The van der Waals surface area contributed by atoms with Gasteiger partial charge in [-0.15, -0.1) is 0 Å². The van der Waals surface area contributed by atoms with Gasteiger partial charge in [-0.05, 0) is 0 Å². The van der Waals surface area contributed by atoms with Gasteiger partial charge in [0.15, 0.2) is 6.67 Å². The van der Waals surface area contributed by atoms with Crippen molar-refractivity contribution in [2.45, 2.75) is 29.7 Å². The van der Waals surface area contributed by atoms with Gasteiger partial charge in [0.1, 0.15) is 0 Å². The smallest absolute Gasteiger partial charge is 0.267 e. The van der Waals surface area contributed by atoms with Gasteiger partial charge in [0.25, 0.3) is 0 Å². The van der Waals surface area contributed by atoms with Crippen molar-refractivity contribution in [3.05, 3.63) is 0 Å². The fourth-order valence-corrected chi connectivity index (χ4v) is 0.720. The Morgan fingerprint density at radius 1 is 0.611 bits per heavy atom. The molecule has 0 aromatic heterocycles. The SMILES string of the molecule is NC(F)(F)C(F)(F)C(F)(F)C(F)(F)C(F)(F)CF. The van der Waals surface area contributed by atoms with Gasteiger partial charge < -0.3 is 0 Å². The fourth-order valence-electron chi connectivity index (χ4n) is 0.720. The van der Waals surface area contributed by atoms with Crippen LogP contribution in [-0.2, 0) is 0 Å². The van der Waals surface area contributed by atoms with Crippen molar-refractivity contribution < 1.29 is 48.3 Å². The van der Waals surface area contributed by atoms with E-state index in [1.165, 1.54) is 0 Å². The molecule has 0 amide bonds. The number of nitrogens with two attached hydrogens (primary N) is 1. The first-order valence-electron chi connectivity index (χ1n) is 3.80. The molecule has 0 saturated heterocycles. The molecule has 0 atom stereocenters. The lowest BCUT2D eigenvalue weighted by Crippen LogP contribution is -2.69. The number of halogens is 11. The van der Waals surface area contributed by atoms with E-state index in [2.05, 4.69) is 5.73 Å². The summed E-state index contributed by atoms with van der Waals surface area (Å²) in [6.45, 7) is -3.46. The Labute approximate surface area is 91.7 Å². The molecule has 0 fully saturated rings. The molecule has 1 nitrogen and oxygen atoms in total. The van der Waals surface area contributed by atoms with E-state index in [4.69, 9.17) is 0 Å². The first kappa shape index (κ1) is 17.2. The van der Waals surface area contributed by atoms with Crippen LogP contribution in [-0.4, -0.2) is 36.4 Å². The summed E-state index contributed by atoms with van der Waals surface area (Å²) in [6, 6.07) is -6.22. The second kappa shape index (κ2) is 4.10. The van der Waals surface area contributed by atoms with Gasteiger partial charge in [-0.2, -0.15) is 43.9 Å². The maximum absolute atomic E-state index is 12.5. The molecule has 12 heteroatoms. The Kier molecular flexibility index (Phi) is 3.91. The van der Waals surface area contributed by atoms with Crippen LogP contribution in [0, 0.1) is 0 Å². The summed E-state index contributed by atoms with van der Waals surface area (Å²) in [7, 11) is 0. The molecule has 0 aromatic carbocycles. The summed E-state index contributed by atoms with van der Waals surface area (Å²) in [6.07, 6.45) is 0. The van der Waals surface area contributed by atoms with E-state index in [0.29, 0.717) is 0 Å². The summed E-state index contributed by atoms with van der Waals surface area (Å²) in [5.41, 5.74) is 3.25. The topological polar surface area (TPSA) is 26.0 Å². The van der Waals surface area contributed by atoms with E-state index in [-0.39, 0.29) is 0 Å². The van der Waals surface area contributed by atoms with Crippen LogP contribution in [0.15, 0.2) is 0 Å². The van der Waals surface area contributed by atoms with Gasteiger partial charge >= 0.3 is 29.7 Å². The quantitative estimate of drug-likeness (QED) is 0.613. The normalized spacial score (nSPS) is 16.0. The van der Waals surface area contributed by atoms with Gasteiger partial charge in [-0.1, -0.05) is 0 Å². The van der Waals surface area contributed by atoms with Crippen molar-refractivity contribution in [3.63, 3.8) is 0 Å². The first-order chi connectivity index (χ1) is 7.56. The van der Waals surface area contributed by atoms with E-state index in [0.717, 1.165) is 0 Å². The average molecular weight is 299 g/mol. The molecular weight excluding hydrogens is 295 g/mol.